The van der Waals surface area contributed by atoms with Gasteiger partial charge in [0.25, 0.3) is 0 Å². The first-order chi connectivity index (χ1) is 13.1. The van der Waals surface area contributed by atoms with E-state index in [0.29, 0.717) is 19.1 Å². The van der Waals surface area contributed by atoms with Crippen LogP contribution in [0.1, 0.15) is 37.5 Å². The van der Waals surface area contributed by atoms with Crippen molar-refractivity contribution in [2.24, 2.45) is 4.99 Å². The van der Waals surface area contributed by atoms with Gasteiger partial charge in [-0.25, -0.2) is 14.1 Å². The minimum Gasteiger partial charge on any atom is -0.491 e. The van der Waals surface area contributed by atoms with Crippen molar-refractivity contribution in [2.45, 2.75) is 52.2 Å². The van der Waals surface area contributed by atoms with Crippen molar-refractivity contribution in [1.82, 2.24) is 25.4 Å². The highest BCUT2D eigenvalue weighted by Crippen LogP contribution is 2.18. The van der Waals surface area contributed by atoms with Crippen molar-refractivity contribution in [3.63, 3.8) is 0 Å². The second kappa shape index (κ2) is 10.6. The number of halogens is 2. The van der Waals surface area contributed by atoms with Gasteiger partial charge >= 0.3 is 0 Å². The lowest BCUT2D eigenvalue weighted by Gasteiger charge is -2.25. The monoisotopic (exact) mass is 502 g/mol. The third-order valence-electron chi connectivity index (χ3n) is 4.54. The van der Waals surface area contributed by atoms with Crippen LogP contribution in [0.15, 0.2) is 23.2 Å². The molecule has 3 rings (SSSR count). The van der Waals surface area contributed by atoms with Gasteiger partial charge in [-0.05, 0) is 31.0 Å². The van der Waals surface area contributed by atoms with Gasteiger partial charge in [0.15, 0.2) is 23.4 Å². The third kappa shape index (κ3) is 5.55. The van der Waals surface area contributed by atoms with E-state index in [1.54, 1.807) is 13.1 Å². The van der Waals surface area contributed by atoms with Crippen LogP contribution in [0.4, 0.5) is 4.39 Å². The molecule has 0 spiro atoms. The molecule has 9 heteroatoms. The molecule has 0 fully saturated rings. The number of ether oxygens (including phenoxy) is 1. The molecule has 0 bridgehead atoms. The number of guanidine groups is 1. The van der Waals surface area contributed by atoms with E-state index in [2.05, 4.69) is 32.6 Å². The van der Waals surface area contributed by atoms with Crippen molar-refractivity contribution in [1.29, 1.82) is 0 Å². The highest BCUT2D eigenvalue weighted by Gasteiger charge is 2.22. The molecule has 28 heavy (non-hydrogen) atoms. The molecule has 2 aromatic rings. The normalized spacial score (nSPS) is 16.1. The highest BCUT2D eigenvalue weighted by molar-refractivity contribution is 14.0. The first kappa shape index (κ1) is 22.4. The smallest absolute Gasteiger partial charge is 0.191 e. The molecule has 1 unspecified atom stereocenters. The summed E-state index contributed by atoms with van der Waals surface area (Å²) in [5.41, 5.74) is 0.827. The maximum Gasteiger partial charge on any atom is 0.191 e. The van der Waals surface area contributed by atoms with Crippen LogP contribution < -0.4 is 15.4 Å². The number of aromatic nitrogens is 3. The highest BCUT2D eigenvalue weighted by atomic mass is 127. The molecule has 154 valence electrons. The molecule has 1 atom stereocenters. The fourth-order valence-corrected chi connectivity index (χ4v) is 3.13. The minimum atomic E-state index is -0.350. The number of fused-ring (bicyclic) bond motifs is 1. The summed E-state index contributed by atoms with van der Waals surface area (Å²) in [4.78, 5) is 8.81. The van der Waals surface area contributed by atoms with Gasteiger partial charge in [-0.1, -0.05) is 13.0 Å². The van der Waals surface area contributed by atoms with E-state index < -0.39 is 0 Å². The maximum atomic E-state index is 14.0. The van der Waals surface area contributed by atoms with Gasteiger partial charge in [-0.2, -0.15) is 5.10 Å². The van der Waals surface area contributed by atoms with Crippen molar-refractivity contribution >= 4 is 29.9 Å². The summed E-state index contributed by atoms with van der Waals surface area (Å²) >= 11 is 0. The van der Waals surface area contributed by atoms with E-state index in [9.17, 15) is 4.39 Å². The van der Waals surface area contributed by atoms with Crippen LogP contribution in [-0.2, 0) is 25.9 Å². The SMILES string of the molecule is CCOc1ccc(CNC(=NC)NC2CCc3nc(CC)nn3C2)cc1F.I. The minimum absolute atomic E-state index is 0. The molecule has 2 heterocycles. The fraction of sp³-hybridized carbons (Fsp3) is 0.526. The number of aliphatic imine (C=N–C) groups is 1. The Hall–Kier alpha value is -1.91. The number of nitrogens with zero attached hydrogens (tertiary/aromatic N) is 4. The molecule has 0 aliphatic carbocycles. The number of nitrogens with one attached hydrogen (secondary N) is 2. The van der Waals surface area contributed by atoms with E-state index in [4.69, 9.17) is 4.74 Å². The van der Waals surface area contributed by atoms with E-state index >= 15 is 0 Å². The van der Waals surface area contributed by atoms with Crippen LogP contribution in [0, 0.1) is 5.82 Å². The molecule has 0 radical (unpaired) electrons. The quantitative estimate of drug-likeness (QED) is 0.361. The van der Waals surface area contributed by atoms with E-state index in [0.717, 1.165) is 43.0 Å². The molecule has 0 saturated heterocycles. The zero-order valence-electron chi connectivity index (χ0n) is 16.5. The maximum absolute atomic E-state index is 14.0. The standard InChI is InChI=1S/C19H27FN6O.HI/c1-4-17-24-18-9-7-14(12-26(18)25-17)23-19(21-3)22-11-13-6-8-16(27-5-2)15(20)10-13;/h6,8,10,14H,4-5,7,9,11-12H2,1-3H3,(H2,21,22,23);1H. The Morgan fingerprint density at radius 1 is 1.39 bits per heavy atom. The summed E-state index contributed by atoms with van der Waals surface area (Å²) in [7, 11) is 1.73. The summed E-state index contributed by atoms with van der Waals surface area (Å²) < 4.78 is 21.2. The van der Waals surface area contributed by atoms with Gasteiger partial charge in [0.1, 0.15) is 5.82 Å². The summed E-state index contributed by atoms with van der Waals surface area (Å²) in [6, 6.07) is 5.22. The largest absolute Gasteiger partial charge is 0.491 e. The average molecular weight is 502 g/mol. The van der Waals surface area contributed by atoms with Crippen LogP contribution in [0.3, 0.4) is 0 Å². The Kier molecular flexibility index (Phi) is 8.46. The zero-order valence-corrected chi connectivity index (χ0v) is 18.9. The van der Waals surface area contributed by atoms with Gasteiger partial charge in [0.05, 0.1) is 13.2 Å². The predicted molar refractivity (Wildman–Crippen MR) is 118 cm³/mol. The van der Waals surface area contributed by atoms with Crippen LogP contribution >= 0.6 is 24.0 Å². The third-order valence-corrected chi connectivity index (χ3v) is 4.54. The molecular formula is C19H28FIN6O. The van der Waals surface area contributed by atoms with Gasteiger partial charge in [-0.15, -0.1) is 24.0 Å². The summed E-state index contributed by atoms with van der Waals surface area (Å²) in [5, 5.41) is 11.2. The lowest BCUT2D eigenvalue weighted by atomic mass is 10.1. The first-order valence-corrected chi connectivity index (χ1v) is 9.43. The van der Waals surface area contributed by atoms with Crippen LogP contribution in [0.5, 0.6) is 5.75 Å². The molecule has 1 aliphatic heterocycles. The van der Waals surface area contributed by atoms with Crippen molar-refractivity contribution < 1.29 is 9.13 Å². The number of rotatable bonds is 6. The summed E-state index contributed by atoms with van der Waals surface area (Å²) in [6.07, 6.45) is 2.71. The molecule has 0 amide bonds. The second-order valence-corrected chi connectivity index (χ2v) is 6.48. The second-order valence-electron chi connectivity index (χ2n) is 6.48. The lowest BCUT2D eigenvalue weighted by Crippen LogP contribution is -2.46. The number of aryl methyl sites for hydroxylation is 2. The van der Waals surface area contributed by atoms with Gasteiger partial charge in [-0.3, -0.25) is 4.99 Å². The van der Waals surface area contributed by atoms with E-state index in [-0.39, 0.29) is 41.6 Å². The van der Waals surface area contributed by atoms with Crippen molar-refractivity contribution in [3.05, 3.63) is 41.2 Å². The van der Waals surface area contributed by atoms with Gasteiger partial charge in [0.2, 0.25) is 0 Å². The van der Waals surface area contributed by atoms with E-state index in [1.807, 2.05) is 17.7 Å². The first-order valence-electron chi connectivity index (χ1n) is 9.43. The Bertz CT molecular complexity index is 810. The van der Waals surface area contributed by atoms with Crippen LogP contribution in [-0.4, -0.2) is 40.4 Å². The van der Waals surface area contributed by atoms with Crippen molar-refractivity contribution in [3.8, 4) is 5.75 Å². The zero-order chi connectivity index (χ0) is 19.2. The molecule has 1 aromatic heterocycles. The molecule has 1 aromatic carbocycles. The van der Waals surface area contributed by atoms with Crippen molar-refractivity contribution in [2.75, 3.05) is 13.7 Å². The van der Waals surface area contributed by atoms with E-state index in [1.165, 1.54) is 6.07 Å². The van der Waals surface area contributed by atoms with Crippen LogP contribution in [0.2, 0.25) is 0 Å². The molecule has 1 aliphatic rings. The summed E-state index contributed by atoms with van der Waals surface area (Å²) in [5.74, 6) is 2.56. The number of hydrogen-bond donors (Lipinski definition) is 2. The molecule has 7 nitrogen and oxygen atoms in total. The Balaban J connectivity index is 0.00000280. The Morgan fingerprint density at radius 3 is 2.89 bits per heavy atom. The molecule has 2 N–H and O–H groups in total. The predicted octanol–water partition coefficient (Wildman–Crippen LogP) is 2.68. The fourth-order valence-electron chi connectivity index (χ4n) is 3.13. The Labute approximate surface area is 182 Å². The van der Waals surface area contributed by atoms with Gasteiger partial charge < -0.3 is 15.4 Å². The average Bonchev–Trinajstić information content (AvgIpc) is 3.09. The number of hydrogen-bond acceptors (Lipinski definition) is 4. The Morgan fingerprint density at radius 2 is 2.21 bits per heavy atom. The molecular weight excluding hydrogens is 474 g/mol. The number of benzene rings is 1. The van der Waals surface area contributed by atoms with Gasteiger partial charge in [0, 0.05) is 32.5 Å². The van der Waals surface area contributed by atoms with Crippen LogP contribution in [0.25, 0.3) is 0 Å². The topological polar surface area (TPSA) is 76.4 Å². The molecule has 0 saturated carbocycles. The lowest BCUT2D eigenvalue weighted by molar-refractivity contribution is 0.321. The summed E-state index contributed by atoms with van der Waals surface area (Å²) in [6.45, 7) is 5.58.